The second kappa shape index (κ2) is 39.9. The Morgan fingerprint density at radius 2 is 0.862 bits per heavy atom. The topological polar surface area (TPSA) is 210 Å². The van der Waals surface area contributed by atoms with Gasteiger partial charge in [0.2, 0.25) is 0 Å². The molecule has 14 heteroatoms. The summed E-state index contributed by atoms with van der Waals surface area (Å²) >= 11 is 0. The van der Waals surface area contributed by atoms with Crippen molar-refractivity contribution < 1.29 is 63.1 Å². The molecule has 1 aliphatic carbocycles. The van der Waals surface area contributed by atoms with Crippen LogP contribution in [-0.4, -0.2) is 98.3 Å². The van der Waals surface area contributed by atoms with Gasteiger partial charge in [-0.3, -0.25) is 18.6 Å². The minimum atomic E-state index is -5.16. The maximum atomic E-state index is 12.8. The predicted octanol–water partition coefficient (Wildman–Crippen LogP) is 9.83. The van der Waals surface area contributed by atoms with Crippen LogP contribution in [0.2, 0.25) is 0 Å². The number of phosphoric ester groups is 1. The monoisotopic (exact) mass is 935 g/mol. The summed E-state index contributed by atoms with van der Waals surface area (Å²) in [6.07, 6.45) is 40.5. The largest absolute Gasteiger partial charge is 0.472 e. The molecule has 0 radical (unpaired) electrons. The highest BCUT2D eigenvalue weighted by Crippen LogP contribution is 2.47. The molecule has 1 rings (SSSR count). The lowest BCUT2D eigenvalue weighted by atomic mass is 9.85. The number of aliphatic hydroxyl groups is 5. The summed E-state index contributed by atoms with van der Waals surface area (Å²) in [6.45, 7) is 3.15. The second-order valence-corrected chi connectivity index (χ2v) is 17.7. The number of aliphatic hydroxyl groups excluding tert-OH is 5. The molecule has 13 nitrogen and oxygen atoms in total. The summed E-state index contributed by atoms with van der Waals surface area (Å²) in [4.78, 5) is 35.7. The number of unbranched alkanes of at least 4 members (excludes halogenated alkanes) is 10. The van der Waals surface area contributed by atoms with E-state index >= 15 is 0 Å². The Labute approximate surface area is 390 Å². The van der Waals surface area contributed by atoms with Gasteiger partial charge in [-0.1, -0.05) is 156 Å². The molecule has 1 aliphatic rings. The van der Waals surface area contributed by atoms with Crippen LogP contribution in [0.5, 0.6) is 0 Å². The minimum Gasteiger partial charge on any atom is -0.462 e. The normalized spacial score (nSPS) is 22.3. The molecule has 6 unspecified atom stereocenters. The number of hydrogen-bond acceptors (Lipinski definition) is 12. The summed E-state index contributed by atoms with van der Waals surface area (Å²) in [7, 11) is -5.16. The highest BCUT2D eigenvalue weighted by Gasteiger charge is 2.51. The first-order valence-electron chi connectivity index (χ1n) is 24.0. The summed E-state index contributed by atoms with van der Waals surface area (Å²) in [5, 5.41) is 50.2. The molecule has 8 atom stereocenters. The Kier molecular flexibility index (Phi) is 36.7. The van der Waals surface area contributed by atoms with Crippen LogP contribution in [0.1, 0.15) is 155 Å². The molecule has 370 valence electrons. The molecular weight excluding hydrogens is 852 g/mol. The molecule has 65 heavy (non-hydrogen) atoms. The van der Waals surface area contributed by atoms with Crippen molar-refractivity contribution in [3.63, 3.8) is 0 Å². The van der Waals surface area contributed by atoms with E-state index in [1.165, 1.54) is 57.8 Å². The zero-order valence-corrected chi connectivity index (χ0v) is 40.1. The number of carbonyl (C=O) groups is 2. The first-order valence-corrected chi connectivity index (χ1v) is 25.5. The van der Waals surface area contributed by atoms with E-state index in [0.29, 0.717) is 25.7 Å². The standard InChI is InChI=1S/C51H83O13P/c1-3-5-7-9-11-13-15-17-19-21-22-24-26-28-30-32-34-36-38-40-45(53)63-43(42-62-65(59,60)64-51-49(57)47(55)46(54)48(56)50(51)58)41-61-44(52)39-37-35-33-31-29-27-25-23-20-18-16-14-12-10-8-6-4-2/h11,13,17-20,22,24-25,27-28,30-31,33-34,36,43,46-51,54-58H,3-10,12,14-16,21,23,26,29,32,35,37-42H2,1-2H3,(H,59,60)/b13-11+,19-17+,20-18+,24-22+,27-25+,30-28+,33-31+,36-34+/t43-,46?,47-,48?,49?,50?,51?/m1/s1. The van der Waals surface area contributed by atoms with Crippen molar-refractivity contribution in [3.8, 4) is 0 Å². The molecule has 0 aromatic heterocycles. The fourth-order valence-electron chi connectivity index (χ4n) is 6.52. The van der Waals surface area contributed by atoms with Crippen molar-refractivity contribution in [2.24, 2.45) is 0 Å². The van der Waals surface area contributed by atoms with Crippen LogP contribution >= 0.6 is 7.82 Å². The third-order valence-corrected chi connectivity index (χ3v) is 11.4. The molecule has 0 aromatic carbocycles. The van der Waals surface area contributed by atoms with Crippen molar-refractivity contribution in [3.05, 3.63) is 97.2 Å². The molecule has 0 spiro atoms. The Hall–Kier alpha value is -3.23. The van der Waals surface area contributed by atoms with Crippen LogP contribution in [0, 0.1) is 0 Å². The summed E-state index contributed by atoms with van der Waals surface area (Å²) < 4.78 is 33.4. The Balaban J connectivity index is 2.55. The molecule has 0 aliphatic heterocycles. The quantitative estimate of drug-likeness (QED) is 0.0148. The molecule has 6 N–H and O–H groups in total. The lowest BCUT2D eigenvalue weighted by Gasteiger charge is -2.41. The van der Waals surface area contributed by atoms with Crippen LogP contribution in [0.4, 0.5) is 0 Å². The van der Waals surface area contributed by atoms with Gasteiger partial charge in [0.1, 0.15) is 43.2 Å². The lowest BCUT2D eigenvalue weighted by Crippen LogP contribution is -2.64. The van der Waals surface area contributed by atoms with Crippen molar-refractivity contribution in [1.82, 2.24) is 0 Å². The number of carbonyl (C=O) groups excluding carboxylic acids is 2. The van der Waals surface area contributed by atoms with Crippen LogP contribution in [-0.2, 0) is 32.7 Å². The number of esters is 2. The molecule has 1 fully saturated rings. The van der Waals surface area contributed by atoms with Crippen LogP contribution in [0.15, 0.2) is 97.2 Å². The van der Waals surface area contributed by atoms with Gasteiger partial charge >= 0.3 is 19.8 Å². The third kappa shape index (κ3) is 32.2. The van der Waals surface area contributed by atoms with Gasteiger partial charge in [-0.15, -0.1) is 0 Å². The van der Waals surface area contributed by atoms with E-state index in [4.69, 9.17) is 18.5 Å². The van der Waals surface area contributed by atoms with Gasteiger partial charge in [0.25, 0.3) is 0 Å². The zero-order valence-electron chi connectivity index (χ0n) is 39.2. The predicted molar refractivity (Wildman–Crippen MR) is 258 cm³/mol. The first-order chi connectivity index (χ1) is 31.4. The van der Waals surface area contributed by atoms with Gasteiger partial charge in [-0.2, -0.15) is 0 Å². The lowest BCUT2D eigenvalue weighted by molar-refractivity contribution is -0.220. The number of hydrogen-bond donors (Lipinski definition) is 6. The number of ether oxygens (including phenoxy) is 2. The molecule has 1 saturated carbocycles. The van der Waals surface area contributed by atoms with Crippen LogP contribution in [0.3, 0.4) is 0 Å². The highest BCUT2D eigenvalue weighted by atomic mass is 31.2. The van der Waals surface area contributed by atoms with E-state index in [-0.39, 0.29) is 12.8 Å². The van der Waals surface area contributed by atoms with E-state index in [2.05, 4.69) is 80.7 Å². The fourth-order valence-corrected chi connectivity index (χ4v) is 7.49. The van der Waals surface area contributed by atoms with Crippen molar-refractivity contribution in [1.29, 1.82) is 0 Å². The second-order valence-electron chi connectivity index (χ2n) is 16.3. The van der Waals surface area contributed by atoms with Gasteiger partial charge < -0.3 is 39.9 Å². The summed E-state index contributed by atoms with van der Waals surface area (Å²) in [5.41, 5.74) is 0. The van der Waals surface area contributed by atoms with E-state index in [1.807, 2.05) is 30.4 Å². The molecule has 0 amide bonds. The molecule has 0 aromatic rings. The Morgan fingerprint density at radius 3 is 1.35 bits per heavy atom. The SMILES string of the molecule is CCCCC/C=C/C/C=C/C/C=C/C/C=C/C/C=C/CCC(=O)O[C@H](COC(=O)CCC/C=C/C/C=C/C/C=C/CCCCCCCC)COP(=O)(O)OC1C(O)C(O)C(O)[C@@H](O)C1O. The Morgan fingerprint density at radius 1 is 0.477 bits per heavy atom. The van der Waals surface area contributed by atoms with Crippen LogP contribution in [0.25, 0.3) is 0 Å². The smallest absolute Gasteiger partial charge is 0.462 e. The zero-order chi connectivity index (χ0) is 47.8. The van der Waals surface area contributed by atoms with Gasteiger partial charge in [-0.25, -0.2) is 4.57 Å². The average molecular weight is 935 g/mol. The van der Waals surface area contributed by atoms with E-state index in [9.17, 15) is 44.6 Å². The van der Waals surface area contributed by atoms with E-state index < -0.39 is 75.7 Å². The molecule has 0 heterocycles. The van der Waals surface area contributed by atoms with E-state index in [1.54, 1.807) is 0 Å². The highest BCUT2D eigenvalue weighted by molar-refractivity contribution is 7.47. The maximum absolute atomic E-state index is 12.8. The van der Waals surface area contributed by atoms with Gasteiger partial charge in [0, 0.05) is 12.8 Å². The molecule has 0 saturated heterocycles. The number of phosphoric acid groups is 1. The first kappa shape index (κ1) is 59.8. The van der Waals surface area contributed by atoms with E-state index in [0.717, 1.165) is 44.9 Å². The van der Waals surface area contributed by atoms with Gasteiger partial charge in [0.15, 0.2) is 6.10 Å². The summed E-state index contributed by atoms with van der Waals surface area (Å²) in [5.74, 6) is -1.27. The van der Waals surface area contributed by atoms with Gasteiger partial charge in [-0.05, 0) is 83.5 Å². The number of rotatable bonds is 38. The number of allylic oxidation sites excluding steroid dienone is 16. The minimum absolute atomic E-state index is 0.0428. The van der Waals surface area contributed by atoms with Crippen LogP contribution < -0.4 is 0 Å². The Bertz CT molecular complexity index is 1500. The third-order valence-electron chi connectivity index (χ3n) is 10.4. The van der Waals surface area contributed by atoms with Crippen molar-refractivity contribution in [2.45, 2.75) is 198 Å². The van der Waals surface area contributed by atoms with Crippen molar-refractivity contribution in [2.75, 3.05) is 13.2 Å². The summed E-state index contributed by atoms with van der Waals surface area (Å²) in [6, 6.07) is 0. The fraction of sp³-hybridized carbons (Fsp3) is 0.647. The average Bonchev–Trinajstić information content (AvgIpc) is 3.29. The van der Waals surface area contributed by atoms with Crippen molar-refractivity contribution >= 4 is 19.8 Å². The van der Waals surface area contributed by atoms with Gasteiger partial charge in [0.05, 0.1) is 6.61 Å². The molecule has 0 bridgehead atoms. The molecular formula is C51H83O13P. The maximum Gasteiger partial charge on any atom is 0.472 e.